The van der Waals surface area contributed by atoms with Gasteiger partial charge in [-0.25, -0.2) is 14.3 Å². The Morgan fingerprint density at radius 1 is 0.837 bits per heavy atom. The maximum absolute atomic E-state index is 13.2. The predicted octanol–water partition coefficient (Wildman–Crippen LogP) is 0.961. The number of H-pyrrole nitrogens is 1. The molecule has 0 unspecified atom stereocenters. The fourth-order valence-corrected chi connectivity index (χ4v) is 4.76. The molecule has 0 aliphatic carbocycles. The summed E-state index contributed by atoms with van der Waals surface area (Å²) in [6.07, 6.45) is 3.45. The summed E-state index contributed by atoms with van der Waals surface area (Å²) in [6, 6.07) is 8.87. The number of aromatic nitrogens is 2. The van der Waals surface area contributed by atoms with Gasteiger partial charge in [0.25, 0.3) is 31.7 Å². The van der Waals surface area contributed by atoms with E-state index < -0.39 is 59.1 Å². The van der Waals surface area contributed by atoms with Gasteiger partial charge in [-0.05, 0) is 60.7 Å². The highest BCUT2D eigenvalue weighted by atomic mass is 32.2. The summed E-state index contributed by atoms with van der Waals surface area (Å²) in [6.45, 7) is 0. The van der Waals surface area contributed by atoms with E-state index in [-0.39, 0.29) is 28.2 Å². The van der Waals surface area contributed by atoms with Gasteiger partial charge in [0.15, 0.2) is 11.4 Å². The van der Waals surface area contributed by atoms with Crippen LogP contribution in [0.4, 0.5) is 5.69 Å². The maximum atomic E-state index is 13.2. The van der Waals surface area contributed by atoms with Crippen molar-refractivity contribution in [3.8, 4) is 5.69 Å². The molecule has 0 fully saturated rings. The molecule has 1 aliphatic rings. The number of aromatic amines is 1. The van der Waals surface area contributed by atoms with Crippen LogP contribution in [-0.2, 0) is 39.3 Å². The Hall–Kier alpha value is -5.17. The van der Waals surface area contributed by atoms with Gasteiger partial charge in [0.2, 0.25) is 0 Å². The smallest absolute Gasteiger partial charge is 0.359 e. The van der Waals surface area contributed by atoms with Gasteiger partial charge in [-0.2, -0.15) is 26.9 Å². The van der Waals surface area contributed by atoms with Gasteiger partial charge in [0, 0.05) is 0 Å². The molecule has 43 heavy (non-hydrogen) atoms. The van der Waals surface area contributed by atoms with Crippen LogP contribution in [0.5, 0.6) is 0 Å². The molecular weight excluding hydrogens is 612 g/mol. The summed E-state index contributed by atoms with van der Waals surface area (Å²) >= 11 is 0. The van der Waals surface area contributed by atoms with E-state index in [2.05, 4.69) is 10.2 Å². The Labute approximate surface area is 242 Å². The molecule has 0 saturated carbocycles. The van der Waals surface area contributed by atoms with E-state index in [4.69, 9.17) is 9.47 Å². The topological polar surface area (TPSA) is 232 Å². The number of esters is 2. The largest absolute Gasteiger partial charge is 0.464 e. The second kappa shape index (κ2) is 11.6. The Bertz CT molecular complexity index is 2000. The first-order chi connectivity index (χ1) is 20.2. The highest BCUT2D eigenvalue weighted by molar-refractivity contribution is 7.86. The van der Waals surface area contributed by atoms with Gasteiger partial charge < -0.3 is 9.47 Å². The molecule has 3 aromatic rings. The lowest BCUT2D eigenvalue weighted by Crippen LogP contribution is -2.22. The van der Waals surface area contributed by atoms with Crippen LogP contribution < -0.4 is 10.6 Å². The molecule has 0 spiro atoms. The molecule has 2 heterocycles. The lowest BCUT2D eigenvalue weighted by atomic mass is 10.1. The minimum absolute atomic E-state index is 0.0488. The number of ether oxygens (including phenoxy) is 2. The fraction of sp³-hybridized carbons (Fsp3) is 0.0800. The van der Waals surface area contributed by atoms with Crippen LogP contribution in [0.3, 0.4) is 0 Å². The molecule has 0 radical (unpaired) electrons. The molecule has 16 nitrogen and oxygen atoms in total. The van der Waals surface area contributed by atoms with Crippen LogP contribution in [0, 0.1) is 0 Å². The Kier molecular flexibility index (Phi) is 8.31. The summed E-state index contributed by atoms with van der Waals surface area (Å²) in [4.78, 5) is 50.2. The predicted molar refractivity (Wildman–Crippen MR) is 148 cm³/mol. The first-order valence-corrected chi connectivity index (χ1v) is 14.5. The van der Waals surface area contributed by atoms with Gasteiger partial charge in [0.1, 0.15) is 0 Å². The van der Waals surface area contributed by atoms with Crippen molar-refractivity contribution in [2.45, 2.75) is 9.79 Å². The van der Waals surface area contributed by atoms with E-state index in [9.17, 15) is 45.1 Å². The standard InChI is InChI=1S/C25H20N4O12S2/c1-40-24(32)20-18(22(30)28(26-20)14-6-10-16(11-7-14)42(34,35)36)4-3-5-19-21(25(33)41-2)27-29(23(19)31)15-8-12-17(13-9-15)43(37,38)39/h3-13,26H,1-2H3,(H,34,35,36)(H,37,38,39). The number of benzene rings is 2. The number of hydrogen-bond donors (Lipinski definition) is 3. The van der Waals surface area contributed by atoms with Crippen molar-refractivity contribution < 1.29 is 49.8 Å². The quantitative estimate of drug-likeness (QED) is 0.179. The molecule has 4 rings (SSSR count). The number of anilines is 1. The first kappa shape index (κ1) is 30.8. The molecule has 0 bridgehead atoms. The lowest BCUT2D eigenvalue weighted by Gasteiger charge is -2.11. The first-order valence-electron chi connectivity index (χ1n) is 11.7. The minimum atomic E-state index is -4.50. The summed E-state index contributed by atoms with van der Waals surface area (Å²) in [7, 11) is -6.87. The second-order valence-electron chi connectivity index (χ2n) is 8.47. The highest BCUT2D eigenvalue weighted by Gasteiger charge is 2.35. The van der Waals surface area contributed by atoms with Crippen molar-refractivity contribution in [1.82, 2.24) is 9.78 Å². The number of nitrogens with one attached hydrogen (secondary N) is 1. The van der Waals surface area contributed by atoms with Crippen molar-refractivity contribution in [1.29, 1.82) is 0 Å². The van der Waals surface area contributed by atoms with E-state index in [1.54, 1.807) is 0 Å². The fourth-order valence-electron chi connectivity index (χ4n) is 3.80. The number of amides is 1. The van der Waals surface area contributed by atoms with Crippen LogP contribution >= 0.6 is 0 Å². The third-order valence-electron chi connectivity index (χ3n) is 5.87. The molecule has 18 heteroatoms. The van der Waals surface area contributed by atoms with Crippen LogP contribution in [0.25, 0.3) is 11.8 Å². The number of methoxy groups -OCH3 is 2. The molecular formula is C25H20N4O12S2. The van der Waals surface area contributed by atoms with Crippen molar-refractivity contribution in [3.05, 3.63) is 87.9 Å². The Balaban J connectivity index is 1.73. The van der Waals surface area contributed by atoms with Gasteiger partial charge >= 0.3 is 11.9 Å². The van der Waals surface area contributed by atoms with Crippen LogP contribution in [0.2, 0.25) is 0 Å². The highest BCUT2D eigenvalue weighted by Crippen LogP contribution is 2.26. The molecule has 0 atom stereocenters. The molecule has 1 aromatic heterocycles. The van der Waals surface area contributed by atoms with E-state index in [1.807, 2.05) is 0 Å². The van der Waals surface area contributed by atoms with Crippen molar-refractivity contribution in [2.75, 3.05) is 19.2 Å². The second-order valence-corrected chi connectivity index (χ2v) is 11.3. The van der Waals surface area contributed by atoms with Crippen LogP contribution in [-0.4, -0.2) is 73.5 Å². The number of carbonyl (C=O) groups is 3. The molecule has 1 aliphatic heterocycles. The van der Waals surface area contributed by atoms with Crippen molar-refractivity contribution in [3.63, 3.8) is 0 Å². The lowest BCUT2D eigenvalue weighted by molar-refractivity contribution is -0.132. The summed E-state index contributed by atoms with van der Waals surface area (Å²) in [5, 5.41) is 7.30. The maximum Gasteiger partial charge on any atom is 0.359 e. The van der Waals surface area contributed by atoms with E-state index >= 15 is 0 Å². The molecule has 224 valence electrons. The van der Waals surface area contributed by atoms with Gasteiger partial charge in [-0.1, -0.05) is 6.08 Å². The average Bonchev–Trinajstić information content (AvgIpc) is 3.47. The third-order valence-corrected chi connectivity index (χ3v) is 7.61. The molecule has 1 amide bonds. The molecule has 3 N–H and O–H groups in total. The van der Waals surface area contributed by atoms with Gasteiger partial charge in [-0.15, -0.1) is 0 Å². The number of rotatable bonds is 8. The number of nitrogens with zero attached hydrogens (tertiary/aromatic N) is 3. The third kappa shape index (κ3) is 6.21. The number of hydrazone groups is 1. The van der Waals surface area contributed by atoms with Crippen LogP contribution in [0.15, 0.2) is 85.9 Å². The SMILES string of the molecule is COC(=O)C1=NN(c2ccc(S(=O)(=O)O)cc2)C(=O)C1=CC=Cc1c(C(=O)OC)[nH]n(-c2ccc(S(=O)(=O)O)cc2)c1=O. The Morgan fingerprint density at radius 3 is 1.84 bits per heavy atom. The van der Waals surface area contributed by atoms with Crippen LogP contribution in [0.1, 0.15) is 16.1 Å². The number of hydrogen-bond acceptors (Lipinski definition) is 11. The molecule has 2 aromatic carbocycles. The van der Waals surface area contributed by atoms with Crippen molar-refractivity contribution >= 4 is 55.6 Å². The summed E-state index contributed by atoms with van der Waals surface area (Å²) < 4.78 is 74.0. The summed E-state index contributed by atoms with van der Waals surface area (Å²) in [5.74, 6) is -2.76. The zero-order valence-electron chi connectivity index (χ0n) is 22.0. The zero-order valence-corrected chi connectivity index (χ0v) is 23.6. The summed E-state index contributed by atoms with van der Waals surface area (Å²) in [5.41, 5.74) is -1.87. The van der Waals surface area contributed by atoms with Gasteiger partial charge in [-0.3, -0.25) is 23.8 Å². The number of carbonyl (C=O) groups excluding carboxylic acids is 3. The van der Waals surface area contributed by atoms with E-state index in [1.165, 1.54) is 30.3 Å². The average molecular weight is 633 g/mol. The zero-order chi connectivity index (χ0) is 31.7. The van der Waals surface area contributed by atoms with E-state index in [0.29, 0.717) is 0 Å². The van der Waals surface area contributed by atoms with Crippen molar-refractivity contribution in [2.24, 2.45) is 5.10 Å². The monoisotopic (exact) mass is 632 g/mol. The Morgan fingerprint density at radius 2 is 1.35 bits per heavy atom. The number of allylic oxidation sites excluding steroid dienone is 2. The minimum Gasteiger partial charge on any atom is -0.464 e. The molecule has 0 saturated heterocycles. The van der Waals surface area contributed by atoms with E-state index in [0.717, 1.165) is 60.3 Å². The normalized spacial score (nSPS) is 14.8. The van der Waals surface area contributed by atoms with Gasteiger partial charge in [0.05, 0.1) is 46.5 Å².